The molecule has 134 valence electrons. The van der Waals surface area contributed by atoms with Crippen molar-refractivity contribution in [2.24, 2.45) is 11.7 Å². The number of hydrogen-bond acceptors (Lipinski definition) is 4. The molecule has 3 N–H and O–H groups in total. The van der Waals surface area contributed by atoms with E-state index in [0.717, 1.165) is 25.6 Å². The summed E-state index contributed by atoms with van der Waals surface area (Å²) in [5, 5.41) is 3.66. The van der Waals surface area contributed by atoms with Crippen molar-refractivity contribution in [1.82, 2.24) is 0 Å². The summed E-state index contributed by atoms with van der Waals surface area (Å²) >= 11 is 0. The highest BCUT2D eigenvalue weighted by atomic mass is 16.5. The molecule has 0 amide bonds. The van der Waals surface area contributed by atoms with Crippen molar-refractivity contribution in [2.75, 3.05) is 29.9 Å². The lowest BCUT2D eigenvalue weighted by molar-refractivity contribution is -0.00521. The molecular formula is C20H33N3O. The van der Waals surface area contributed by atoms with Gasteiger partial charge in [0.15, 0.2) is 0 Å². The number of morpholine rings is 1. The second-order valence-corrected chi connectivity index (χ2v) is 7.82. The molecule has 1 saturated carbocycles. The van der Waals surface area contributed by atoms with Gasteiger partial charge in [-0.05, 0) is 76.1 Å². The van der Waals surface area contributed by atoms with Crippen molar-refractivity contribution in [3.63, 3.8) is 0 Å². The Labute approximate surface area is 146 Å². The van der Waals surface area contributed by atoms with Crippen LogP contribution in [0, 0.1) is 12.8 Å². The maximum atomic E-state index is 6.00. The largest absolute Gasteiger partial charge is 0.385 e. The van der Waals surface area contributed by atoms with Crippen molar-refractivity contribution in [3.8, 4) is 0 Å². The molecule has 0 spiro atoms. The van der Waals surface area contributed by atoms with Gasteiger partial charge in [-0.15, -0.1) is 0 Å². The summed E-state index contributed by atoms with van der Waals surface area (Å²) in [5.74, 6) is 0.768. The normalized spacial score (nSPS) is 31.1. The summed E-state index contributed by atoms with van der Waals surface area (Å²) in [6.07, 6.45) is 5.47. The van der Waals surface area contributed by atoms with Gasteiger partial charge in [0, 0.05) is 37.1 Å². The van der Waals surface area contributed by atoms with Gasteiger partial charge >= 0.3 is 0 Å². The topological polar surface area (TPSA) is 50.5 Å². The molecule has 0 aromatic heterocycles. The molecule has 1 saturated heterocycles. The number of nitrogens with zero attached hydrogens (tertiary/aromatic N) is 1. The standard InChI is InChI=1S/C20H33N3O/c1-14-10-19(23-12-15(2)24-16(3)13-23)8-9-20(14)22-11-17-4-6-18(21)7-5-17/h8-10,15-18,22H,4-7,11-13,21H2,1-3H3/t15?,16?,17-,18-. The van der Waals surface area contributed by atoms with E-state index in [2.05, 4.69) is 49.2 Å². The number of benzene rings is 1. The monoisotopic (exact) mass is 331 g/mol. The molecule has 2 aliphatic rings. The zero-order valence-corrected chi connectivity index (χ0v) is 15.4. The van der Waals surface area contributed by atoms with Crippen molar-refractivity contribution in [3.05, 3.63) is 23.8 Å². The number of ether oxygens (including phenoxy) is 1. The fourth-order valence-electron chi connectivity index (χ4n) is 4.08. The highest BCUT2D eigenvalue weighted by molar-refractivity contribution is 5.60. The predicted molar refractivity (Wildman–Crippen MR) is 102 cm³/mol. The molecule has 0 bridgehead atoms. The maximum Gasteiger partial charge on any atom is 0.0726 e. The number of rotatable bonds is 4. The predicted octanol–water partition coefficient (Wildman–Crippen LogP) is 3.54. The summed E-state index contributed by atoms with van der Waals surface area (Å²) in [5.41, 5.74) is 9.90. The number of nitrogens with two attached hydrogens (primary N) is 1. The van der Waals surface area contributed by atoms with Crippen molar-refractivity contribution < 1.29 is 4.74 Å². The van der Waals surface area contributed by atoms with Crippen LogP contribution in [0.15, 0.2) is 18.2 Å². The van der Waals surface area contributed by atoms with E-state index in [-0.39, 0.29) is 0 Å². The van der Waals surface area contributed by atoms with Gasteiger partial charge in [-0.3, -0.25) is 0 Å². The molecule has 1 heterocycles. The molecule has 2 fully saturated rings. The van der Waals surface area contributed by atoms with Crippen LogP contribution in [0.5, 0.6) is 0 Å². The Kier molecular flexibility index (Phi) is 5.67. The zero-order chi connectivity index (χ0) is 17.1. The minimum Gasteiger partial charge on any atom is -0.385 e. The minimum atomic E-state index is 0.296. The van der Waals surface area contributed by atoms with E-state index in [1.165, 1.54) is 42.6 Å². The van der Waals surface area contributed by atoms with E-state index in [1.54, 1.807) is 0 Å². The van der Waals surface area contributed by atoms with Crippen LogP contribution in [0.25, 0.3) is 0 Å². The van der Waals surface area contributed by atoms with Crippen LogP contribution in [0.4, 0.5) is 11.4 Å². The molecule has 24 heavy (non-hydrogen) atoms. The molecule has 1 aliphatic heterocycles. The maximum absolute atomic E-state index is 6.00. The Bertz CT molecular complexity index is 530. The Hall–Kier alpha value is -1.26. The van der Waals surface area contributed by atoms with Gasteiger partial charge in [0.2, 0.25) is 0 Å². The van der Waals surface area contributed by atoms with Crippen LogP contribution >= 0.6 is 0 Å². The third kappa shape index (κ3) is 4.42. The molecule has 3 rings (SSSR count). The SMILES string of the molecule is Cc1cc(N2CC(C)OC(C)C2)ccc1NC[C@H]1CC[C@H](N)CC1. The van der Waals surface area contributed by atoms with Gasteiger partial charge in [0.05, 0.1) is 12.2 Å². The number of aryl methyl sites for hydroxylation is 1. The van der Waals surface area contributed by atoms with Crippen LogP contribution in [0.1, 0.15) is 45.1 Å². The molecule has 1 aromatic rings. The quantitative estimate of drug-likeness (QED) is 0.886. The number of nitrogens with one attached hydrogen (secondary N) is 1. The first kappa shape index (κ1) is 17.6. The first-order chi connectivity index (χ1) is 11.5. The fraction of sp³-hybridized carbons (Fsp3) is 0.700. The third-order valence-electron chi connectivity index (χ3n) is 5.47. The molecule has 0 radical (unpaired) electrons. The van der Waals surface area contributed by atoms with Crippen molar-refractivity contribution >= 4 is 11.4 Å². The third-order valence-corrected chi connectivity index (χ3v) is 5.47. The van der Waals surface area contributed by atoms with Crippen LogP contribution in [-0.2, 0) is 4.74 Å². The second-order valence-electron chi connectivity index (χ2n) is 7.82. The number of hydrogen-bond donors (Lipinski definition) is 2. The van der Waals surface area contributed by atoms with E-state index in [1.807, 2.05) is 0 Å². The molecule has 4 nitrogen and oxygen atoms in total. The average molecular weight is 332 g/mol. The first-order valence-corrected chi connectivity index (χ1v) is 9.51. The highest BCUT2D eigenvalue weighted by Gasteiger charge is 2.23. The average Bonchev–Trinajstić information content (AvgIpc) is 2.54. The molecule has 1 aliphatic carbocycles. The first-order valence-electron chi connectivity index (χ1n) is 9.51. The lowest BCUT2D eigenvalue weighted by Gasteiger charge is -2.37. The summed E-state index contributed by atoms with van der Waals surface area (Å²) in [7, 11) is 0. The van der Waals surface area contributed by atoms with E-state index in [9.17, 15) is 0 Å². The fourth-order valence-corrected chi connectivity index (χ4v) is 4.08. The van der Waals surface area contributed by atoms with E-state index < -0.39 is 0 Å². The smallest absolute Gasteiger partial charge is 0.0726 e. The highest BCUT2D eigenvalue weighted by Crippen LogP contribution is 2.27. The molecular weight excluding hydrogens is 298 g/mol. The van der Waals surface area contributed by atoms with Gasteiger partial charge in [0.25, 0.3) is 0 Å². The van der Waals surface area contributed by atoms with E-state index >= 15 is 0 Å². The van der Waals surface area contributed by atoms with Gasteiger partial charge in [-0.2, -0.15) is 0 Å². The Morgan fingerprint density at radius 3 is 2.42 bits per heavy atom. The van der Waals surface area contributed by atoms with Crippen LogP contribution < -0.4 is 16.0 Å². The summed E-state index contributed by atoms with van der Waals surface area (Å²) < 4.78 is 5.84. The lowest BCUT2D eigenvalue weighted by Crippen LogP contribution is -2.45. The summed E-state index contributed by atoms with van der Waals surface area (Å²) in [4.78, 5) is 2.44. The van der Waals surface area contributed by atoms with Crippen LogP contribution in [0.3, 0.4) is 0 Å². The summed E-state index contributed by atoms with van der Waals surface area (Å²) in [6.45, 7) is 9.52. The van der Waals surface area contributed by atoms with Gasteiger partial charge in [-0.25, -0.2) is 0 Å². The Morgan fingerprint density at radius 1 is 1.12 bits per heavy atom. The van der Waals surface area contributed by atoms with E-state index in [4.69, 9.17) is 10.5 Å². The van der Waals surface area contributed by atoms with Gasteiger partial charge < -0.3 is 20.7 Å². The summed E-state index contributed by atoms with van der Waals surface area (Å²) in [6, 6.07) is 7.23. The van der Waals surface area contributed by atoms with E-state index in [0.29, 0.717) is 18.2 Å². The van der Waals surface area contributed by atoms with Crippen LogP contribution in [-0.4, -0.2) is 37.9 Å². The molecule has 1 aromatic carbocycles. The lowest BCUT2D eigenvalue weighted by atomic mass is 9.86. The zero-order valence-electron chi connectivity index (χ0n) is 15.4. The van der Waals surface area contributed by atoms with Crippen molar-refractivity contribution in [1.29, 1.82) is 0 Å². The van der Waals surface area contributed by atoms with Crippen molar-refractivity contribution in [2.45, 2.75) is 64.7 Å². The molecule has 4 heteroatoms. The molecule has 2 unspecified atom stereocenters. The van der Waals surface area contributed by atoms with Crippen LogP contribution in [0.2, 0.25) is 0 Å². The Morgan fingerprint density at radius 2 is 1.79 bits per heavy atom. The molecule has 2 atom stereocenters. The minimum absolute atomic E-state index is 0.296. The van der Waals surface area contributed by atoms with Gasteiger partial charge in [-0.1, -0.05) is 0 Å². The Balaban J connectivity index is 1.58. The number of anilines is 2. The second kappa shape index (κ2) is 7.75. The van der Waals surface area contributed by atoms with Gasteiger partial charge in [0.1, 0.15) is 0 Å².